The van der Waals surface area contributed by atoms with Gasteiger partial charge in [0.05, 0.1) is 20.8 Å². The Morgan fingerprint density at radius 2 is 1.63 bits per heavy atom. The van der Waals surface area contributed by atoms with E-state index in [1.807, 2.05) is 43.3 Å². The van der Waals surface area contributed by atoms with E-state index in [2.05, 4.69) is 5.32 Å². The normalized spacial score (nSPS) is 10.2. The molecule has 6 nitrogen and oxygen atoms in total. The molecule has 0 fully saturated rings. The van der Waals surface area contributed by atoms with Gasteiger partial charge in [-0.15, -0.1) is 0 Å². The van der Waals surface area contributed by atoms with E-state index in [0.29, 0.717) is 40.9 Å². The number of rotatable bonds is 9. The Balaban J connectivity index is 1.80. The second-order valence-corrected chi connectivity index (χ2v) is 6.38. The zero-order valence-corrected chi connectivity index (χ0v) is 17.3. The number of nitrogens with one attached hydrogen (secondary N) is 1. The summed E-state index contributed by atoms with van der Waals surface area (Å²) >= 11 is 0. The van der Waals surface area contributed by atoms with Gasteiger partial charge in [-0.3, -0.25) is 4.79 Å². The number of methoxy groups -OCH3 is 2. The molecule has 0 aromatic heterocycles. The summed E-state index contributed by atoms with van der Waals surface area (Å²) in [5.41, 5.74) is 1.92. The molecule has 0 unspecified atom stereocenters. The van der Waals surface area contributed by atoms with Crippen LogP contribution < -0.4 is 24.3 Å². The van der Waals surface area contributed by atoms with Gasteiger partial charge in [0.25, 0.3) is 5.91 Å². The number of amides is 1. The number of ether oxygens (including phenoxy) is 4. The fourth-order valence-electron chi connectivity index (χ4n) is 2.93. The third-order valence-electron chi connectivity index (χ3n) is 4.40. The molecule has 0 heterocycles. The van der Waals surface area contributed by atoms with Crippen LogP contribution >= 0.6 is 0 Å². The summed E-state index contributed by atoms with van der Waals surface area (Å²) in [7, 11) is 3.18. The summed E-state index contributed by atoms with van der Waals surface area (Å²) in [6.07, 6.45) is 0. The van der Waals surface area contributed by atoms with Gasteiger partial charge in [-0.05, 0) is 49.4 Å². The van der Waals surface area contributed by atoms with E-state index in [-0.39, 0.29) is 12.5 Å². The van der Waals surface area contributed by atoms with E-state index in [9.17, 15) is 4.79 Å². The second-order valence-electron chi connectivity index (χ2n) is 6.38. The van der Waals surface area contributed by atoms with Gasteiger partial charge in [0.2, 0.25) is 0 Å². The monoisotopic (exact) mass is 407 g/mol. The molecule has 0 radical (unpaired) electrons. The molecular weight excluding hydrogens is 382 g/mol. The number of carbonyl (C=O) groups excluding carboxylic acids is 1. The maximum atomic E-state index is 12.8. The van der Waals surface area contributed by atoms with Crippen LogP contribution in [0.3, 0.4) is 0 Å². The molecule has 156 valence electrons. The fraction of sp³-hybridized carbons (Fsp3) is 0.208. The highest BCUT2D eigenvalue weighted by atomic mass is 16.5. The average molecular weight is 407 g/mol. The molecule has 0 aliphatic rings. The highest BCUT2D eigenvalue weighted by Crippen LogP contribution is 2.29. The van der Waals surface area contributed by atoms with Crippen LogP contribution in [0.4, 0.5) is 5.69 Å². The van der Waals surface area contributed by atoms with Gasteiger partial charge in [0, 0.05) is 22.9 Å². The van der Waals surface area contributed by atoms with E-state index >= 15 is 0 Å². The topological polar surface area (TPSA) is 66.0 Å². The number of hydrogen-bond donors (Lipinski definition) is 1. The SMILES string of the molecule is CCOc1ccc(C(=O)Nc2cccc(OC)c2)cc1COc1ccccc1OC. The number of carbonyl (C=O) groups is 1. The number of hydrogen-bond acceptors (Lipinski definition) is 5. The van der Waals surface area contributed by atoms with Crippen molar-refractivity contribution in [1.29, 1.82) is 0 Å². The highest BCUT2D eigenvalue weighted by Gasteiger charge is 2.13. The van der Waals surface area contributed by atoms with Crippen molar-refractivity contribution in [1.82, 2.24) is 0 Å². The lowest BCUT2D eigenvalue weighted by Gasteiger charge is -2.15. The number of anilines is 1. The lowest BCUT2D eigenvalue weighted by molar-refractivity contribution is 0.102. The van der Waals surface area contributed by atoms with Crippen molar-refractivity contribution in [3.05, 3.63) is 77.9 Å². The first-order valence-corrected chi connectivity index (χ1v) is 9.61. The first-order valence-electron chi connectivity index (χ1n) is 9.61. The zero-order valence-electron chi connectivity index (χ0n) is 17.3. The van der Waals surface area contributed by atoms with E-state index in [0.717, 1.165) is 5.56 Å². The molecular formula is C24H25NO5. The summed E-state index contributed by atoms with van der Waals surface area (Å²) in [5.74, 6) is 2.37. The van der Waals surface area contributed by atoms with Crippen LogP contribution in [0, 0.1) is 0 Å². The fourth-order valence-corrected chi connectivity index (χ4v) is 2.93. The lowest BCUT2D eigenvalue weighted by atomic mass is 10.1. The minimum absolute atomic E-state index is 0.232. The summed E-state index contributed by atoms with van der Waals surface area (Å²) in [5, 5.41) is 2.88. The molecule has 3 rings (SSSR count). The van der Waals surface area contributed by atoms with Gasteiger partial charge < -0.3 is 24.3 Å². The maximum Gasteiger partial charge on any atom is 0.255 e. The Morgan fingerprint density at radius 1 is 0.833 bits per heavy atom. The van der Waals surface area contributed by atoms with Crippen molar-refractivity contribution in [2.75, 3.05) is 26.1 Å². The first-order chi connectivity index (χ1) is 14.6. The molecule has 3 aromatic rings. The molecule has 3 aromatic carbocycles. The molecule has 30 heavy (non-hydrogen) atoms. The van der Waals surface area contributed by atoms with Gasteiger partial charge in [-0.2, -0.15) is 0 Å². The Morgan fingerprint density at radius 3 is 2.37 bits per heavy atom. The Hall–Kier alpha value is -3.67. The number of para-hydroxylation sites is 2. The number of benzene rings is 3. The van der Waals surface area contributed by atoms with Gasteiger partial charge >= 0.3 is 0 Å². The van der Waals surface area contributed by atoms with Crippen molar-refractivity contribution in [2.45, 2.75) is 13.5 Å². The third-order valence-corrected chi connectivity index (χ3v) is 4.40. The van der Waals surface area contributed by atoms with Crippen molar-refractivity contribution >= 4 is 11.6 Å². The van der Waals surface area contributed by atoms with Crippen LogP contribution in [0.2, 0.25) is 0 Å². The quantitative estimate of drug-likeness (QED) is 0.545. The lowest BCUT2D eigenvalue weighted by Crippen LogP contribution is -2.13. The third kappa shape index (κ3) is 5.23. The van der Waals surface area contributed by atoms with Gasteiger partial charge in [0.15, 0.2) is 11.5 Å². The molecule has 0 aliphatic heterocycles. The maximum absolute atomic E-state index is 12.8. The van der Waals surface area contributed by atoms with Crippen molar-refractivity contribution < 1.29 is 23.7 Å². The van der Waals surface area contributed by atoms with Crippen LogP contribution in [-0.4, -0.2) is 26.7 Å². The van der Waals surface area contributed by atoms with E-state index < -0.39 is 0 Å². The van der Waals surface area contributed by atoms with Gasteiger partial charge in [0.1, 0.15) is 18.1 Å². The van der Waals surface area contributed by atoms with Crippen molar-refractivity contribution in [3.8, 4) is 23.0 Å². The standard InChI is InChI=1S/C24H25NO5/c1-4-29-21-13-12-17(24(26)25-19-8-7-9-20(15-19)27-2)14-18(21)16-30-23-11-6-5-10-22(23)28-3/h5-15H,4,16H2,1-3H3,(H,25,26). The van der Waals surface area contributed by atoms with E-state index in [1.54, 1.807) is 44.6 Å². The van der Waals surface area contributed by atoms with Crippen LogP contribution in [0.1, 0.15) is 22.8 Å². The summed E-state index contributed by atoms with van der Waals surface area (Å²) in [6.45, 7) is 2.65. The van der Waals surface area contributed by atoms with Gasteiger partial charge in [-0.25, -0.2) is 0 Å². The summed E-state index contributed by atoms with van der Waals surface area (Å²) < 4.78 is 22.2. The summed E-state index contributed by atoms with van der Waals surface area (Å²) in [4.78, 5) is 12.8. The van der Waals surface area contributed by atoms with Crippen molar-refractivity contribution in [3.63, 3.8) is 0 Å². The molecule has 0 bridgehead atoms. The van der Waals surface area contributed by atoms with E-state index in [4.69, 9.17) is 18.9 Å². The minimum atomic E-state index is -0.232. The summed E-state index contributed by atoms with van der Waals surface area (Å²) in [6, 6.07) is 19.9. The van der Waals surface area contributed by atoms with E-state index in [1.165, 1.54) is 0 Å². The minimum Gasteiger partial charge on any atom is -0.497 e. The Bertz CT molecular complexity index is 1000. The molecule has 0 saturated carbocycles. The molecule has 0 spiro atoms. The molecule has 1 amide bonds. The van der Waals surface area contributed by atoms with Gasteiger partial charge in [-0.1, -0.05) is 18.2 Å². The molecule has 0 aliphatic carbocycles. The van der Waals surface area contributed by atoms with Crippen LogP contribution in [0.5, 0.6) is 23.0 Å². The van der Waals surface area contributed by atoms with Crippen LogP contribution in [0.25, 0.3) is 0 Å². The predicted molar refractivity (Wildman–Crippen MR) is 116 cm³/mol. The highest BCUT2D eigenvalue weighted by molar-refractivity contribution is 6.04. The van der Waals surface area contributed by atoms with Crippen molar-refractivity contribution in [2.24, 2.45) is 0 Å². The van der Waals surface area contributed by atoms with Crippen LogP contribution in [0.15, 0.2) is 66.7 Å². The molecule has 0 atom stereocenters. The largest absolute Gasteiger partial charge is 0.497 e. The molecule has 6 heteroatoms. The first kappa shape index (κ1) is 21.0. The molecule has 1 N–H and O–H groups in total. The predicted octanol–water partition coefficient (Wildman–Crippen LogP) is 4.93. The average Bonchev–Trinajstić information content (AvgIpc) is 2.78. The zero-order chi connectivity index (χ0) is 21.3. The Labute approximate surface area is 176 Å². The smallest absolute Gasteiger partial charge is 0.255 e. The van der Waals surface area contributed by atoms with Crippen LogP contribution in [-0.2, 0) is 6.61 Å². The Kier molecular flexibility index (Phi) is 7.16. The second kappa shape index (κ2) is 10.2. The molecule has 0 saturated heterocycles.